The molecule has 2 saturated heterocycles. The van der Waals surface area contributed by atoms with Gasteiger partial charge >= 0.3 is 0 Å². The molecule has 182 valence electrons. The molecule has 0 radical (unpaired) electrons. The van der Waals surface area contributed by atoms with Gasteiger partial charge in [-0.3, -0.25) is 9.69 Å². The van der Waals surface area contributed by atoms with E-state index in [0.717, 1.165) is 57.2 Å². The summed E-state index contributed by atoms with van der Waals surface area (Å²) in [5.41, 5.74) is 16.9. The van der Waals surface area contributed by atoms with Gasteiger partial charge in [-0.05, 0) is 36.2 Å². The zero-order valence-corrected chi connectivity index (χ0v) is 19.5. The van der Waals surface area contributed by atoms with Crippen LogP contribution in [-0.2, 0) is 9.47 Å². The smallest absolute Gasteiger partial charge is 0.248 e. The number of rotatable bonds is 9. The number of aryl methyl sites for hydroxylation is 1. The topological polar surface area (TPSA) is 126 Å². The highest BCUT2D eigenvalue weighted by atomic mass is 16.5. The summed E-state index contributed by atoms with van der Waals surface area (Å²) in [6.45, 7) is 9.26. The molecule has 2 fully saturated rings. The van der Waals surface area contributed by atoms with Gasteiger partial charge in [0.25, 0.3) is 0 Å². The van der Waals surface area contributed by atoms with Gasteiger partial charge < -0.3 is 24.8 Å². The van der Waals surface area contributed by atoms with E-state index < -0.39 is 11.9 Å². The summed E-state index contributed by atoms with van der Waals surface area (Å²) in [4.78, 5) is 21.0. The Hall–Kier alpha value is -3.08. The second-order valence-electron chi connectivity index (χ2n) is 8.52. The Morgan fingerprint density at radius 1 is 1.12 bits per heavy atom. The molecule has 3 N–H and O–H groups in total. The van der Waals surface area contributed by atoms with E-state index >= 15 is 0 Å². The van der Waals surface area contributed by atoms with Crippen LogP contribution in [0.25, 0.3) is 0 Å². The lowest BCUT2D eigenvalue weighted by Crippen LogP contribution is -2.38. The molecule has 10 heteroatoms. The number of nitrogens with two attached hydrogens (primary N) is 1. The predicted octanol–water partition coefficient (Wildman–Crippen LogP) is 2.16. The van der Waals surface area contributed by atoms with Crippen molar-refractivity contribution in [2.75, 3.05) is 70.7 Å². The van der Waals surface area contributed by atoms with Crippen LogP contribution in [-0.4, -0.2) is 81.5 Å². The van der Waals surface area contributed by atoms with Crippen LogP contribution in [0.4, 0.5) is 5.69 Å². The largest absolute Gasteiger partial charge is 0.476 e. The fourth-order valence-electron chi connectivity index (χ4n) is 4.26. The van der Waals surface area contributed by atoms with Crippen molar-refractivity contribution in [1.82, 2.24) is 9.88 Å². The Morgan fingerprint density at radius 3 is 2.50 bits per heavy atom. The molecule has 2 aliphatic heterocycles. The minimum atomic E-state index is -0.680. The highest BCUT2D eigenvalue weighted by Gasteiger charge is 2.21. The third-order valence-corrected chi connectivity index (χ3v) is 6.05. The number of primary amides is 1. The molecule has 0 bridgehead atoms. The van der Waals surface area contributed by atoms with Crippen molar-refractivity contribution in [3.8, 4) is 5.88 Å². The third kappa shape index (κ3) is 6.07. The van der Waals surface area contributed by atoms with E-state index in [1.54, 1.807) is 12.1 Å². The van der Waals surface area contributed by atoms with Gasteiger partial charge in [0.1, 0.15) is 12.6 Å². The lowest BCUT2D eigenvalue weighted by atomic mass is 9.98. The highest BCUT2D eigenvalue weighted by Crippen LogP contribution is 2.31. The number of hydrogen-bond donors (Lipinski definition) is 2. The predicted molar refractivity (Wildman–Crippen MR) is 127 cm³/mol. The van der Waals surface area contributed by atoms with Gasteiger partial charge in [0.15, 0.2) is 0 Å². The lowest BCUT2D eigenvalue weighted by molar-refractivity contribution is 0.0320. The number of carbonyl (C=O) groups excluding carboxylic acids is 1. The van der Waals surface area contributed by atoms with E-state index in [1.165, 1.54) is 0 Å². The normalized spacial score (nSPS) is 17.9. The monoisotopic (exact) mass is 468 g/mol. The van der Waals surface area contributed by atoms with Crippen LogP contribution < -0.4 is 15.4 Å². The zero-order chi connectivity index (χ0) is 23.9. The molecule has 1 aromatic heterocycles. The number of amides is 1. The van der Waals surface area contributed by atoms with Crippen molar-refractivity contribution in [1.29, 1.82) is 5.53 Å². The summed E-state index contributed by atoms with van der Waals surface area (Å²) in [6.07, 6.45) is 0. The van der Waals surface area contributed by atoms with Crippen molar-refractivity contribution in [2.45, 2.75) is 13.0 Å². The second-order valence-corrected chi connectivity index (χ2v) is 8.52. The summed E-state index contributed by atoms with van der Waals surface area (Å²) in [5, 5.41) is 3.87. The van der Waals surface area contributed by atoms with Crippen LogP contribution in [0.15, 0.2) is 35.4 Å². The first-order chi connectivity index (χ1) is 16.5. The van der Waals surface area contributed by atoms with Crippen molar-refractivity contribution >= 4 is 11.6 Å². The van der Waals surface area contributed by atoms with Crippen molar-refractivity contribution in [2.24, 2.45) is 10.8 Å². The number of morpholine rings is 2. The average Bonchev–Trinajstić information content (AvgIpc) is 2.85. The Labute approximate surface area is 199 Å². The van der Waals surface area contributed by atoms with Crippen LogP contribution in [0.3, 0.4) is 0 Å². The van der Waals surface area contributed by atoms with Gasteiger partial charge in [-0.2, -0.15) is 5.11 Å². The van der Waals surface area contributed by atoms with Crippen molar-refractivity contribution < 1.29 is 19.0 Å². The molecular formula is C24H32N6O4. The van der Waals surface area contributed by atoms with Gasteiger partial charge in [-0.15, -0.1) is 0 Å². The zero-order valence-electron chi connectivity index (χ0n) is 19.5. The number of aromatic nitrogens is 1. The minimum Gasteiger partial charge on any atom is -0.476 e. The van der Waals surface area contributed by atoms with Crippen molar-refractivity contribution in [3.05, 3.63) is 52.7 Å². The van der Waals surface area contributed by atoms with Crippen LogP contribution in [0, 0.1) is 12.5 Å². The molecule has 2 aromatic rings. The fraction of sp³-hybridized carbons (Fsp3) is 0.500. The van der Waals surface area contributed by atoms with Gasteiger partial charge in [0.2, 0.25) is 11.8 Å². The number of pyridine rings is 1. The maximum atomic E-state index is 11.8. The standard InChI is InChI=1S/C24H32N6O4/c1-17-12-18(14-19(13-17)24(25)31)23(28-26)21-15-20(30-5-9-33-10-6-30)16-22(27-21)34-11-4-29-2-7-32-8-3-29/h12-16,23,26H,2-11H2,1H3,(H2,25,31). The first-order valence-electron chi connectivity index (χ1n) is 11.6. The Bertz CT molecular complexity index is 1000. The number of anilines is 1. The highest BCUT2D eigenvalue weighted by molar-refractivity contribution is 5.93. The molecular weight excluding hydrogens is 436 g/mol. The second kappa shape index (κ2) is 11.4. The SMILES string of the molecule is Cc1cc(C(N)=O)cc(C(N=N)c2cc(N3CCOCC3)cc(OCCN3CCOCC3)n2)c1. The Morgan fingerprint density at radius 2 is 1.82 bits per heavy atom. The molecule has 10 nitrogen and oxygen atoms in total. The van der Waals surface area contributed by atoms with E-state index in [2.05, 4.69) is 14.9 Å². The molecule has 3 heterocycles. The quantitative estimate of drug-likeness (QED) is 0.540. The molecule has 1 unspecified atom stereocenters. The van der Waals surface area contributed by atoms with Crippen LogP contribution >= 0.6 is 0 Å². The molecule has 4 rings (SSSR count). The first-order valence-corrected chi connectivity index (χ1v) is 11.6. The molecule has 34 heavy (non-hydrogen) atoms. The van der Waals surface area contributed by atoms with E-state index in [-0.39, 0.29) is 0 Å². The Kier molecular flexibility index (Phi) is 8.04. The van der Waals surface area contributed by atoms with E-state index in [0.29, 0.717) is 42.5 Å². The molecule has 0 aliphatic carbocycles. The number of nitrogens with zero attached hydrogens (tertiary/aromatic N) is 4. The molecule has 1 aromatic carbocycles. The van der Waals surface area contributed by atoms with Crippen LogP contribution in [0.1, 0.15) is 33.2 Å². The Balaban J connectivity index is 1.62. The molecule has 1 amide bonds. The number of nitrogens with one attached hydrogen (secondary N) is 1. The van der Waals surface area contributed by atoms with E-state index in [1.807, 2.05) is 25.1 Å². The lowest BCUT2D eigenvalue weighted by Gasteiger charge is -2.30. The van der Waals surface area contributed by atoms with Gasteiger partial charge in [0, 0.05) is 50.0 Å². The number of benzene rings is 1. The summed E-state index contributed by atoms with van der Waals surface area (Å²) < 4.78 is 17.0. The third-order valence-electron chi connectivity index (χ3n) is 6.05. The number of hydrogen-bond acceptors (Lipinski definition) is 9. The van der Waals surface area contributed by atoms with E-state index in [4.69, 9.17) is 30.5 Å². The minimum absolute atomic E-state index is 0.384. The molecule has 0 spiro atoms. The summed E-state index contributed by atoms with van der Waals surface area (Å²) >= 11 is 0. The first kappa shape index (κ1) is 24.1. The van der Waals surface area contributed by atoms with Crippen LogP contribution in [0.5, 0.6) is 5.88 Å². The maximum absolute atomic E-state index is 11.8. The summed E-state index contributed by atoms with van der Waals surface area (Å²) in [7, 11) is 0. The summed E-state index contributed by atoms with van der Waals surface area (Å²) in [5.74, 6) is -0.0282. The number of ether oxygens (including phenoxy) is 3. The average molecular weight is 469 g/mol. The molecule has 1 atom stereocenters. The van der Waals surface area contributed by atoms with Gasteiger partial charge in [0.05, 0.1) is 32.1 Å². The summed E-state index contributed by atoms with van der Waals surface area (Å²) in [6, 6.07) is 8.50. The number of carbonyl (C=O) groups is 1. The van der Waals surface area contributed by atoms with Gasteiger partial charge in [-0.25, -0.2) is 10.5 Å². The molecule has 2 aliphatic rings. The van der Waals surface area contributed by atoms with E-state index in [9.17, 15) is 4.79 Å². The fourth-order valence-corrected chi connectivity index (χ4v) is 4.26. The van der Waals surface area contributed by atoms with Gasteiger partial charge in [-0.1, -0.05) is 6.07 Å². The maximum Gasteiger partial charge on any atom is 0.248 e. The van der Waals surface area contributed by atoms with Crippen molar-refractivity contribution in [3.63, 3.8) is 0 Å². The molecule has 0 saturated carbocycles. The van der Waals surface area contributed by atoms with Crippen LogP contribution in [0.2, 0.25) is 0 Å².